The third-order valence-electron chi connectivity index (χ3n) is 5.41. The number of aromatic hydroxyl groups is 1. The smallest absolute Gasteiger partial charge is 0.275 e. The highest BCUT2D eigenvalue weighted by Crippen LogP contribution is 2.18. The molecule has 0 aromatic heterocycles. The lowest BCUT2D eigenvalue weighted by Crippen LogP contribution is -3.16. The van der Waals surface area contributed by atoms with Crippen LogP contribution >= 0.6 is 0 Å². The average Bonchev–Trinajstić information content (AvgIpc) is 2.70. The van der Waals surface area contributed by atoms with Crippen molar-refractivity contribution in [2.24, 2.45) is 0 Å². The quantitative estimate of drug-likeness (QED) is 0.693. The summed E-state index contributed by atoms with van der Waals surface area (Å²) in [5, 5.41) is 12.5. The first-order valence-electron chi connectivity index (χ1n) is 9.85. The van der Waals surface area contributed by atoms with E-state index in [9.17, 15) is 9.90 Å². The maximum Gasteiger partial charge on any atom is 0.275 e. The Hall–Kier alpha value is -2.53. The van der Waals surface area contributed by atoms with E-state index in [1.165, 1.54) is 10.5 Å². The number of benzene rings is 2. The van der Waals surface area contributed by atoms with E-state index in [2.05, 4.69) is 41.4 Å². The van der Waals surface area contributed by atoms with Crippen molar-refractivity contribution in [1.29, 1.82) is 0 Å². The Kier molecular flexibility index (Phi) is 6.71. The van der Waals surface area contributed by atoms with Gasteiger partial charge >= 0.3 is 0 Å². The Labute approximate surface area is 161 Å². The molecule has 1 atom stereocenters. The molecule has 0 radical (unpaired) electrons. The fourth-order valence-corrected chi connectivity index (χ4v) is 3.67. The Bertz CT molecular complexity index is 710. The molecule has 0 spiro atoms. The number of hydrogen-bond donors (Lipinski definition) is 3. The van der Waals surface area contributed by atoms with Gasteiger partial charge in [-0.25, -0.2) is 0 Å². The molecule has 3 N–H and O–H groups in total. The number of phenolic OH excluding ortho intramolecular Hbond substituents is 1. The largest absolute Gasteiger partial charge is 0.508 e. The molecule has 1 saturated heterocycles. The van der Waals surface area contributed by atoms with Crippen molar-refractivity contribution in [3.05, 3.63) is 60.2 Å². The highest BCUT2D eigenvalue weighted by Gasteiger charge is 2.22. The van der Waals surface area contributed by atoms with Gasteiger partial charge in [-0.05, 0) is 36.2 Å². The van der Waals surface area contributed by atoms with Crippen LogP contribution in [0, 0.1) is 0 Å². The van der Waals surface area contributed by atoms with Crippen molar-refractivity contribution in [2.45, 2.75) is 19.3 Å². The molecule has 5 heteroatoms. The third-order valence-corrected chi connectivity index (χ3v) is 5.41. The highest BCUT2D eigenvalue weighted by molar-refractivity contribution is 5.76. The number of nitrogens with zero attached hydrogens (tertiary/aromatic N) is 1. The Morgan fingerprint density at radius 3 is 2.41 bits per heavy atom. The SMILES string of the molecule is CC[C@H](CNC(=O)C[NH+]1CCN(c2ccc(O)cc2)CC1)c1ccccc1. The number of nitrogens with one attached hydrogen (secondary N) is 2. The molecule has 0 saturated carbocycles. The fourth-order valence-electron chi connectivity index (χ4n) is 3.67. The van der Waals surface area contributed by atoms with E-state index in [4.69, 9.17) is 0 Å². The van der Waals surface area contributed by atoms with Gasteiger partial charge in [-0.3, -0.25) is 4.79 Å². The van der Waals surface area contributed by atoms with Crippen LogP contribution in [0.15, 0.2) is 54.6 Å². The summed E-state index contributed by atoms with van der Waals surface area (Å²) in [5.41, 5.74) is 2.42. The monoisotopic (exact) mass is 368 g/mol. The maximum atomic E-state index is 12.4. The van der Waals surface area contributed by atoms with Gasteiger partial charge in [0.25, 0.3) is 5.91 Å². The summed E-state index contributed by atoms with van der Waals surface area (Å²) < 4.78 is 0. The minimum atomic E-state index is 0.137. The minimum absolute atomic E-state index is 0.137. The molecule has 1 amide bonds. The summed E-state index contributed by atoms with van der Waals surface area (Å²) in [5.74, 6) is 0.800. The van der Waals surface area contributed by atoms with Crippen LogP contribution in [0.3, 0.4) is 0 Å². The lowest BCUT2D eigenvalue weighted by atomic mass is 9.96. The van der Waals surface area contributed by atoms with Crippen LogP contribution in [-0.2, 0) is 4.79 Å². The Balaban J connectivity index is 1.42. The average molecular weight is 369 g/mol. The molecular formula is C22H30N3O2+. The predicted molar refractivity (Wildman–Crippen MR) is 108 cm³/mol. The zero-order chi connectivity index (χ0) is 19.1. The van der Waals surface area contributed by atoms with Crippen molar-refractivity contribution in [1.82, 2.24) is 5.32 Å². The Morgan fingerprint density at radius 1 is 1.11 bits per heavy atom. The van der Waals surface area contributed by atoms with Gasteiger partial charge in [0, 0.05) is 18.2 Å². The van der Waals surface area contributed by atoms with Crippen LogP contribution in [0.25, 0.3) is 0 Å². The highest BCUT2D eigenvalue weighted by atomic mass is 16.3. The number of hydrogen-bond acceptors (Lipinski definition) is 3. The summed E-state index contributed by atoms with van der Waals surface area (Å²) in [7, 11) is 0. The second-order valence-electron chi connectivity index (χ2n) is 7.25. The summed E-state index contributed by atoms with van der Waals surface area (Å²) in [4.78, 5) is 16.0. The van der Waals surface area contributed by atoms with Crippen LogP contribution in [0.4, 0.5) is 5.69 Å². The van der Waals surface area contributed by atoms with E-state index in [0.29, 0.717) is 24.8 Å². The van der Waals surface area contributed by atoms with E-state index >= 15 is 0 Å². The molecule has 2 aromatic rings. The van der Waals surface area contributed by atoms with Crippen molar-refractivity contribution in [3.8, 4) is 5.75 Å². The molecule has 144 valence electrons. The number of piperazine rings is 1. The van der Waals surface area contributed by atoms with E-state index in [1.54, 1.807) is 12.1 Å². The first-order valence-corrected chi connectivity index (χ1v) is 9.85. The van der Waals surface area contributed by atoms with Gasteiger partial charge < -0.3 is 20.2 Å². The van der Waals surface area contributed by atoms with E-state index in [-0.39, 0.29) is 5.91 Å². The molecule has 3 rings (SSSR count). The van der Waals surface area contributed by atoms with E-state index < -0.39 is 0 Å². The van der Waals surface area contributed by atoms with Crippen LogP contribution in [0.2, 0.25) is 0 Å². The molecule has 1 heterocycles. The van der Waals surface area contributed by atoms with Gasteiger partial charge in [0.05, 0.1) is 26.2 Å². The van der Waals surface area contributed by atoms with Gasteiger partial charge in [0.1, 0.15) is 5.75 Å². The lowest BCUT2D eigenvalue weighted by Gasteiger charge is -2.33. The molecule has 1 aliphatic rings. The maximum absolute atomic E-state index is 12.4. The van der Waals surface area contributed by atoms with E-state index in [1.807, 2.05) is 18.2 Å². The van der Waals surface area contributed by atoms with Gasteiger partial charge in [-0.1, -0.05) is 37.3 Å². The second-order valence-corrected chi connectivity index (χ2v) is 7.25. The number of rotatable bonds is 7. The topological polar surface area (TPSA) is 57.0 Å². The van der Waals surface area contributed by atoms with Crippen LogP contribution in [-0.4, -0.2) is 50.3 Å². The van der Waals surface area contributed by atoms with Gasteiger partial charge in [-0.2, -0.15) is 0 Å². The number of carbonyl (C=O) groups is 1. The van der Waals surface area contributed by atoms with Gasteiger partial charge in [0.2, 0.25) is 0 Å². The summed E-state index contributed by atoms with van der Waals surface area (Å²) in [6.07, 6.45) is 1.02. The molecule has 27 heavy (non-hydrogen) atoms. The molecule has 0 aliphatic carbocycles. The number of amides is 1. The van der Waals surface area contributed by atoms with E-state index in [0.717, 1.165) is 38.3 Å². The number of quaternary nitrogens is 1. The lowest BCUT2D eigenvalue weighted by molar-refractivity contribution is -0.892. The Morgan fingerprint density at radius 2 is 1.78 bits per heavy atom. The molecule has 1 aliphatic heterocycles. The normalized spacial score (nSPS) is 16.1. The van der Waals surface area contributed by atoms with Crippen molar-refractivity contribution >= 4 is 11.6 Å². The molecule has 0 unspecified atom stereocenters. The third kappa shape index (κ3) is 5.47. The fraction of sp³-hybridized carbons (Fsp3) is 0.409. The standard InChI is InChI=1S/C22H29N3O2/c1-2-18(19-6-4-3-5-7-19)16-23-22(27)17-24-12-14-25(15-13-24)20-8-10-21(26)11-9-20/h3-11,18,26H,2,12-17H2,1H3,(H,23,27)/p+1/t18-/m1/s1. The predicted octanol–water partition coefficient (Wildman–Crippen LogP) is 1.41. The van der Waals surface area contributed by atoms with Crippen LogP contribution in [0.5, 0.6) is 5.75 Å². The second kappa shape index (κ2) is 9.42. The van der Waals surface area contributed by atoms with Crippen molar-refractivity contribution in [2.75, 3.05) is 44.2 Å². The van der Waals surface area contributed by atoms with Crippen molar-refractivity contribution in [3.63, 3.8) is 0 Å². The minimum Gasteiger partial charge on any atom is -0.508 e. The molecule has 0 bridgehead atoms. The van der Waals surface area contributed by atoms with Gasteiger partial charge in [-0.15, -0.1) is 0 Å². The first-order chi connectivity index (χ1) is 13.2. The number of anilines is 1. The summed E-state index contributed by atoms with van der Waals surface area (Å²) in [6.45, 7) is 7.15. The zero-order valence-electron chi connectivity index (χ0n) is 16.0. The van der Waals surface area contributed by atoms with Crippen LogP contribution in [0.1, 0.15) is 24.8 Å². The summed E-state index contributed by atoms with van der Waals surface area (Å²) in [6, 6.07) is 17.7. The zero-order valence-corrected chi connectivity index (χ0v) is 16.0. The molecule has 5 nitrogen and oxygen atoms in total. The molecular weight excluding hydrogens is 338 g/mol. The number of phenols is 1. The number of carbonyl (C=O) groups excluding carboxylic acids is 1. The molecule has 2 aromatic carbocycles. The molecule has 1 fully saturated rings. The summed E-state index contributed by atoms with van der Waals surface area (Å²) >= 11 is 0. The van der Waals surface area contributed by atoms with Crippen molar-refractivity contribution < 1.29 is 14.8 Å². The van der Waals surface area contributed by atoms with Crippen LogP contribution < -0.4 is 15.1 Å². The van der Waals surface area contributed by atoms with Gasteiger partial charge in [0.15, 0.2) is 6.54 Å². The first kappa shape index (κ1) is 19.2.